The Labute approximate surface area is 196 Å². The van der Waals surface area contributed by atoms with Crippen molar-refractivity contribution in [1.82, 2.24) is 14.7 Å². The smallest absolute Gasteiger partial charge is 0.320 e. The number of rotatable bonds is 11. The summed E-state index contributed by atoms with van der Waals surface area (Å²) in [5, 5.41) is 0. The molecule has 0 aromatic heterocycles. The molecule has 3 rings (SSSR count). The van der Waals surface area contributed by atoms with E-state index < -0.39 is 0 Å². The summed E-state index contributed by atoms with van der Waals surface area (Å²) in [7, 11) is 1.61. The first kappa shape index (κ1) is 24.9. The summed E-state index contributed by atoms with van der Waals surface area (Å²) < 4.78 is 10.2. The number of hydrogen-bond donors (Lipinski definition) is 0. The molecule has 1 fully saturated rings. The highest BCUT2D eigenvalue weighted by Gasteiger charge is 2.29. The lowest BCUT2D eigenvalue weighted by atomic mass is 9.96. The molecule has 1 aliphatic heterocycles. The van der Waals surface area contributed by atoms with Gasteiger partial charge in [0.15, 0.2) is 0 Å². The van der Waals surface area contributed by atoms with Crippen LogP contribution in [0.15, 0.2) is 60.7 Å². The van der Waals surface area contributed by atoms with Crippen LogP contribution in [-0.4, -0.2) is 92.7 Å². The normalized spacial score (nSPS) is 14.6. The van der Waals surface area contributed by atoms with Crippen LogP contribution in [0.3, 0.4) is 0 Å². The zero-order valence-electron chi connectivity index (χ0n) is 19.7. The van der Waals surface area contributed by atoms with Gasteiger partial charge in [0.2, 0.25) is 5.91 Å². The van der Waals surface area contributed by atoms with E-state index in [9.17, 15) is 9.59 Å². The molecule has 0 bridgehead atoms. The predicted molar refractivity (Wildman–Crippen MR) is 128 cm³/mol. The van der Waals surface area contributed by atoms with Crippen LogP contribution in [0.25, 0.3) is 0 Å². The molecule has 1 heterocycles. The van der Waals surface area contributed by atoms with Crippen molar-refractivity contribution in [2.24, 2.45) is 0 Å². The molecular weight excluding hydrogens is 418 g/mol. The maximum Gasteiger partial charge on any atom is 0.320 e. The largest absolute Gasteiger partial charge is 0.465 e. The molecule has 7 nitrogen and oxygen atoms in total. The van der Waals surface area contributed by atoms with E-state index in [2.05, 4.69) is 53.4 Å². The number of esters is 1. The molecule has 0 saturated carbocycles. The van der Waals surface area contributed by atoms with Crippen LogP contribution in [0.2, 0.25) is 0 Å². The van der Waals surface area contributed by atoms with E-state index in [4.69, 9.17) is 9.47 Å². The lowest BCUT2D eigenvalue weighted by Gasteiger charge is -2.40. The fourth-order valence-corrected chi connectivity index (χ4v) is 4.23. The second-order valence-electron chi connectivity index (χ2n) is 8.15. The van der Waals surface area contributed by atoms with Gasteiger partial charge in [0.05, 0.1) is 32.3 Å². The lowest BCUT2D eigenvalue weighted by molar-refractivity contribution is -0.145. The second kappa shape index (κ2) is 13.1. The number of amides is 1. The third-order valence-corrected chi connectivity index (χ3v) is 5.89. The van der Waals surface area contributed by atoms with Gasteiger partial charge in [0.1, 0.15) is 0 Å². The van der Waals surface area contributed by atoms with Gasteiger partial charge >= 0.3 is 5.97 Å². The van der Waals surface area contributed by atoms with Gasteiger partial charge < -0.3 is 14.4 Å². The van der Waals surface area contributed by atoms with E-state index in [1.807, 2.05) is 17.0 Å². The molecule has 0 aliphatic carbocycles. The molecule has 2 aromatic carbocycles. The molecular formula is C26H35N3O4. The van der Waals surface area contributed by atoms with Crippen molar-refractivity contribution in [2.45, 2.75) is 13.0 Å². The van der Waals surface area contributed by atoms with Gasteiger partial charge in [-0.2, -0.15) is 0 Å². The van der Waals surface area contributed by atoms with Gasteiger partial charge in [-0.05, 0) is 18.1 Å². The minimum absolute atomic E-state index is 0.0334. The van der Waals surface area contributed by atoms with Crippen LogP contribution < -0.4 is 0 Å². The zero-order chi connectivity index (χ0) is 23.5. The van der Waals surface area contributed by atoms with E-state index in [-0.39, 0.29) is 31.0 Å². The molecule has 0 spiro atoms. The molecule has 33 heavy (non-hydrogen) atoms. The molecule has 0 radical (unpaired) electrons. The molecule has 0 atom stereocenters. The molecule has 7 heteroatoms. The van der Waals surface area contributed by atoms with Crippen molar-refractivity contribution in [1.29, 1.82) is 0 Å². The Morgan fingerprint density at radius 2 is 1.48 bits per heavy atom. The van der Waals surface area contributed by atoms with Gasteiger partial charge in [-0.25, -0.2) is 0 Å². The SMILES string of the molecule is CCOC(=O)CN(CCOC)CC(=O)N1CCN(C(c2ccccc2)c2ccccc2)CC1. The van der Waals surface area contributed by atoms with Crippen molar-refractivity contribution in [2.75, 3.05) is 66.1 Å². The fourth-order valence-electron chi connectivity index (χ4n) is 4.23. The third kappa shape index (κ3) is 7.39. The highest BCUT2D eigenvalue weighted by atomic mass is 16.5. The standard InChI is InChI=1S/C26H35N3O4/c1-3-33-25(31)21-27(18-19-32-2)20-24(30)28-14-16-29(17-15-28)26(22-10-6-4-7-11-22)23-12-8-5-9-13-23/h4-13,26H,3,14-21H2,1-2H3. The Morgan fingerprint density at radius 1 is 0.909 bits per heavy atom. The number of carbonyl (C=O) groups excluding carboxylic acids is 2. The summed E-state index contributed by atoms with van der Waals surface area (Å²) in [5.41, 5.74) is 2.51. The summed E-state index contributed by atoms with van der Waals surface area (Å²) in [4.78, 5) is 31.1. The first-order valence-corrected chi connectivity index (χ1v) is 11.6. The Balaban J connectivity index is 1.62. The van der Waals surface area contributed by atoms with Gasteiger partial charge in [-0.3, -0.25) is 19.4 Å². The average molecular weight is 454 g/mol. The van der Waals surface area contributed by atoms with Crippen LogP contribution in [0.4, 0.5) is 0 Å². The number of piperazine rings is 1. The summed E-state index contributed by atoms with van der Waals surface area (Å²) in [6.45, 7) is 6.24. The van der Waals surface area contributed by atoms with Crippen LogP contribution in [0.1, 0.15) is 24.1 Å². The van der Waals surface area contributed by atoms with Crippen molar-refractivity contribution in [3.63, 3.8) is 0 Å². The topological polar surface area (TPSA) is 62.3 Å². The molecule has 1 amide bonds. The molecule has 178 valence electrons. The van der Waals surface area contributed by atoms with Crippen LogP contribution in [-0.2, 0) is 19.1 Å². The zero-order valence-corrected chi connectivity index (χ0v) is 19.7. The number of methoxy groups -OCH3 is 1. The van der Waals surface area contributed by atoms with Gasteiger partial charge in [-0.1, -0.05) is 60.7 Å². The minimum atomic E-state index is -0.320. The van der Waals surface area contributed by atoms with Crippen molar-refractivity contribution >= 4 is 11.9 Å². The van der Waals surface area contributed by atoms with Crippen LogP contribution in [0.5, 0.6) is 0 Å². The van der Waals surface area contributed by atoms with E-state index >= 15 is 0 Å². The number of ether oxygens (including phenoxy) is 2. The van der Waals surface area contributed by atoms with E-state index in [1.54, 1.807) is 18.9 Å². The van der Waals surface area contributed by atoms with Crippen LogP contribution >= 0.6 is 0 Å². The third-order valence-electron chi connectivity index (χ3n) is 5.89. The number of benzene rings is 2. The fraction of sp³-hybridized carbons (Fsp3) is 0.462. The van der Waals surface area contributed by atoms with Crippen molar-refractivity contribution < 1.29 is 19.1 Å². The predicted octanol–water partition coefficient (Wildman–Crippen LogP) is 2.43. The molecule has 0 unspecified atom stereocenters. The number of carbonyl (C=O) groups is 2. The summed E-state index contributed by atoms with van der Waals surface area (Å²) in [6, 6.07) is 21.2. The Hall–Kier alpha value is -2.74. The monoisotopic (exact) mass is 453 g/mol. The summed E-state index contributed by atoms with van der Waals surface area (Å²) in [6.07, 6.45) is 0. The Morgan fingerprint density at radius 3 is 2.00 bits per heavy atom. The van der Waals surface area contributed by atoms with E-state index in [1.165, 1.54) is 11.1 Å². The molecule has 1 aliphatic rings. The average Bonchev–Trinajstić information content (AvgIpc) is 2.84. The molecule has 0 N–H and O–H groups in total. The highest BCUT2D eigenvalue weighted by Crippen LogP contribution is 2.29. The highest BCUT2D eigenvalue weighted by molar-refractivity contribution is 5.79. The maximum atomic E-state index is 13.0. The van der Waals surface area contributed by atoms with E-state index in [0.29, 0.717) is 32.8 Å². The van der Waals surface area contributed by atoms with Gasteiger partial charge in [-0.15, -0.1) is 0 Å². The maximum absolute atomic E-state index is 13.0. The summed E-state index contributed by atoms with van der Waals surface area (Å²) in [5.74, 6) is -0.286. The van der Waals surface area contributed by atoms with Crippen molar-refractivity contribution in [3.05, 3.63) is 71.8 Å². The second-order valence-corrected chi connectivity index (χ2v) is 8.15. The Kier molecular flexibility index (Phi) is 9.87. The Bertz CT molecular complexity index is 815. The first-order valence-electron chi connectivity index (χ1n) is 11.6. The van der Waals surface area contributed by atoms with Gasteiger partial charge in [0.25, 0.3) is 0 Å². The molecule has 2 aromatic rings. The van der Waals surface area contributed by atoms with Crippen LogP contribution in [0, 0.1) is 0 Å². The quantitative estimate of drug-likeness (QED) is 0.487. The summed E-state index contributed by atoms with van der Waals surface area (Å²) >= 11 is 0. The minimum Gasteiger partial charge on any atom is -0.465 e. The number of hydrogen-bond acceptors (Lipinski definition) is 6. The van der Waals surface area contributed by atoms with Crippen molar-refractivity contribution in [3.8, 4) is 0 Å². The number of nitrogens with zero attached hydrogens (tertiary/aromatic N) is 3. The molecule has 1 saturated heterocycles. The van der Waals surface area contributed by atoms with E-state index in [0.717, 1.165) is 13.1 Å². The first-order chi connectivity index (χ1) is 16.1. The lowest BCUT2D eigenvalue weighted by Crippen LogP contribution is -2.52. The van der Waals surface area contributed by atoms with Gasteiger partial charge in [0, 0.05) is 39.8 Å².